The number of imidazole rings is 1. The summed E-state index contributed by atoms with van der Waals surface area (Å²) in [5, 5.41) is 1.71. The van der Waals surface area contributed by atoms with Crippen molar-refractivity contribution in [2.45, 2.75) is 6.55 Å². The molecule has 0 aliphatic carbocycles. The zero-order valence-electron chi connectivity index (χ0n) is 8.55. The number of benzene rings is 1. The number of rotatable bonds is 2. The van der Waals surface area contributed by atoms with Crippen LogP contribution in [0.3, 0.4) is 0 Å². The maximum Gasteiger partial charge on any atom is 0.320 e. The van der Waals surface area contributed by atoms with Gasteiger partial charge in [0.05, 0.1) is 16.5 Å². The van der Waals surface area contributed by atoms with E-state index >= 15 is 0 Å². The summed E-state index contributed by atoms with van der Waals surface area (Å²) < 4.78 is 27.1. The lowest BCUT2D eigenvalue weighted by Gasteiger charge is -2.05. The Hall–Kier alpha value is -1.82. The second-order valence-electron chi connectivity index (χ2n) is 3.45. The predicted octanol–water partition coefficient (Wildman–Crippen LogP) is 3.55. The molecule has 2 heterocycles. The van der Waals surface area contributed by atoms with E-state index in [0.717, 1.165) is 4.57 Å². The van der Waals surface area contributed by atoms with Crippen LogP contribution >= 0.6 is 11.3 Å². The summed E-state index contributed by atoms with van der Waals surface area (Å²) in [5.74, 6) is 0.211. The Morgan fingerprint density at radius 2 is 2.06 bits per heavy atom. The molecule has 17 heavy (non-hydrogen) atoms. The molecule has 0 spiro atoms. The minimum atomic E-state index is -2.63. The van der Waals surface area contributed by atoms with Crippen LogP contribution in [0.4, 0.5) is 8.78 Å². The van der Waals surface area contributed by atoms with Gasteiger partial charge in [-0.05, 0) is 12.1 Å². The van der Waals surface area contributed by atoms with Crippen molar-refractivity contribution in [2.75, 3.05) is 0 Å². The highest BCUT2D eigenvalue weighted by Gasteiger charge is 2.19. The lowest BCUT2D eigenvalue weighted by molar-refractivity contribution is 0.0763. The lowest BCUT2D eigenvalue weighted by Crippen LogP contribution is -2.00. The van der Waals surface area contributed by atoms with Crippen LogP contribution in [0.2, 0.25) is 0 Å². The first kappa shape index (κ1) is 10.3. The summed E-state index contributed by atoms with van der Waals surface area (Å²) in [5.41, 5.74) is 3.05. The Morgan fingerprint density at radius 1 is 1.24 bits per heavy atom. The van der Waals surface area contributed by atoms with Gasteiger partial charge in [0.1, 0.15) is 5.69 Å². The number of thiazole rings is 1. The molecule has 0 aliphatic rings. The van der Waals surface area contributed by atoms with Crippen molar-refractivity contribution in [3.8, 4) is 11.5 Å². The van der Waals surface area contributed by atoms with E-state index in [1.54, 1.807) is 35.2 Å². The van der Waals surface area contributed by atoms with E-state index in [2.05, 4.69) is 9.97 Å². The number of nitrogens with zero attached hydrogens (tertiary/aromatic N) is 3. The molecule has 3 aromatic rings. The molecular formula is C11H7F2N3S. The molecule has 1 aromatic carbocycles. The van der Waals surface area contributed by atoms with Crippen LogP contribution in [-0.2, 0) is 0 Å². The quantitative estimate of drug-likeness (QED) is 0.696. The van der Waals surface area contributed by atoms with Gasteiger partial charge >= 0.3 is 6.55 Å². The molecule has 0 aliphatic heterocycles. The largest absolute Gasteiger partial charge is 0.320 e. The van der Waals surface area contributed by atoms with Crippen LogP contribution < -0.4 is 0 Å². The van der Waals surface area contributed by atoms with E-state index in [9.17, 15) is 8.78 Å². The Morgan fingerprint density at radius 3 is 2.76 bits per heavy atom. The Labute approximate surface area is 99.4 Å². The maximum absolute atomic E-state index is 13.1. The fourth-order valence-corrected chi connectivity index (χ4v) is 2.28. The summed E-state index contributed by atoms with van der Waals surface area (Å²) in [6.07, 6.45) is 0. The minimum Gasteiger partial charge on any atom is -0.265 e. The van der Waals surface area contributed by atoms with E-state index < -0.39 is 6.55 Å². The predicted molar refractivity (Wildman–Crippen MR) is 62.1 cm³/mol. The molecule has 3 nitrogen and oxygen atoms in total. The van der Waals surface area contributed by atoms with E-state index in [4.69, 9.17) is 0 Å². The fraction of sp³-hybridized carbons (Fsp3) is 0.0909. The van der Waals surface area contributed by atoms with Crippen molar-refractivity contribution in [3.05, 3.63) is 35.2 Å². The molecule has 0 bridgehead atoms. The van der Waals surface area contributed by atoms with E-state index in [-0.39, 0.29) is 5.82 Å². The topological polar surface area (TPSA) is 30.7 Å². The van der Waals surface area contributed by atoms with Crippen LogP contribution in [0.15, 0.2) is 35.2 Å². The van der Waals surface area contributed by atoms with Gasteiger partial charge in [-0.25, -0.2) is 9.97 Å². The van der Waals surface area contributed by atoms with Gasteiger partial charge in [0, 0.05) is 5.38 Å². The van der Waals surface area contributed by atoms with Gasteiger partial charge in [-0.15, -0.1) is 11.3 Å². The third-order valence-electron chi connectivity index (χ3n) is 2.45. The summed E-state index contributed by atoms with van der Waals surface area (Å²) in [4.78, 5) is 8.23. The highest BCUT2D eigenvalue weighted by Crippen LogP contribution is 2.29. The zero-order chi connectivity index (χ0) is 11.8. The second kappa shape index (κ2) is 3.89. The Bertz CT molecular complexity index is 646. The average Bonchev–Trinajstić information content (AvgIpc) is 2.95. The molecular weight excluding hydrogens is 243 g/mol. The molecule has 0 radical (unpaired) electrons. The second-order valence-corrected chi connectivity index (χ2v) is 4.16. The van der Waals surface area contributed by atoms with Crippen LogP contribution in [0.5, 0.6) is 0 Å². The van der Waals surface area contributed by atoms with Gasteiger partial charge < -0.3 is 0 Å². The summed E-state index contributed by atoms with van der Waals surface area (Å²) in [6, 6.07) is 6.83. The van der Waals surface area contributed by atoms with Crippen LogP contribution in [0, 0.1) is 0 Å². The molecule has 86 valence electrons. The first-order valence-electron chi connectivity index (χ1n) is 4.91. The summed E-state index contributed by atoms with van der Waals surface area (Å²) >= 11 is 1.36. The van der Waals surface area contributed by atoms with Gasteiger partial charge in [0.2, 0.25) is 0 Å². The van der Waals surface area contributed by atoms with Crippen LogP contribution in [0.1, 0.15) is 6.55 Å². The molecule has 0 saturated heterocycles. The summed E-state index contributed by atoms with van der Waals surface area (Å²) in [6.45, 7) is -2.63. The average molecular weight is 250 g/mol. The standard InChI is InChI=1S/C11H7F2N3S/c12-11(13)16-9-4-2-1-3-7(9)15-10(16)8-5-17-6-14-8/h1-6,11H/i12-1. The Balaban J connectivity index is 2.34. The van der Waals surface area contributed by atoms with Crippen molar-refractivity contribution in [3.63, 3.8) is 0 Å². The van der Waals surface area contributed by atoms with Gasteiger partial charge in [0.25, 0.3) is 0 Å². The molecule has 0 N–H and O–H groups in total. The van der Waals surface area contributed by atoms with Crippen molar-refractivity contribution < 1.29 is 8.78 Å². The molecule has 0 saturated carbocycles. The van der Waals surface area contributed by atoms with Gasteiger partial charge in [-0.3, -0.25) is 4.57 Å². The number of aromatic nitrogens is 3. The molecule has 1 atom stereocenters. The number of para-hydroxylation sites is 2. The van der Waals surface area contributed by atoms with Crippen molar-refractivity contribution in [2.24, 2.45) is 0 Å². The van der Waals surface area contributed by atoms with Crippen molar-refractivity contribution in [1.82, 2.24) is 14.5 Å². The third kappa shape index (κ3) is 1.61. The summed E-state index contributed by atoms with van der Waals surface area (Å²) in [7, 11) is 0. The van der Waals surface area contributed by atoms with E-state index in [1.807, 2.05) is 0 Å². The van der Waals surface area contributed by atoms with E-state index in [1.165, 1.54) is 11.3 Å². The van der Waals surface area contributed by atoms with Gasteiger partial charge in [-0.1, -0.05) is 12.1 Å². The number of halogens is 2. The van der Waals surface area contributed by atoms with Gasteiger partial charge in [0.15, 0.2) is 5.82 Å². The maximum atomic E-state index is 13.1. The fourth-order valence-electron chi connectivity index (χ4n) is 1.75. The highest BCUT2D eigenvalue weighted by molar-refractivity contribution is 7.07. The van der Waals surface area contributed by atoms with Crippen molar-refractivity contribution in [1.29, 1.82) is 0 Å². The first-order valence-corrected chi connectivity index (χ1v) is 5.85. The Kier molecular flexibility index (Phi) is 2.36. The highest BCUT2D eigenvalue weighted by atomic mass is 32.1. The normalized spacial score (nSPS) is 13.1. The molecule has 2 aromatic heterocycles. The third-order valence-corrected chi connectivity index (χ3v) is 3.04. The minimum absolute atomic E-state index is 0.211. The molecule has 1 unspecified atom stereocenters. The number of alkyl halides is 2. The molecule has 3 rings (SSSR count). The monoisotopic (exact) mass is 250 g/mol. The molecule has 0 fully saturated rings. The molecule has 6 heteroatoms. The smallest absolute Gasteiger partial charge is 0.265 e. The van der Waals surface area contributed by atoms with Crippen molar-refractivity contribution >= 4 is 22.4 Å². The molecule has 0 amide bonds. The first-order chi connectivity index (χ1) is 8.27. The van der Waals surface area contributed by atoms with Crippen LogP contribution in [-0.4, -0.2) is 14.5 Å². The number of fused-ring (bicyclic) bond motifs is 1. The number of hydrogen-bond donors (Lipinski definition) is 0. The number of hydrogen-bond acceptors (Lipinski definition) is 3. The van der Waals surface area contributed by atoms with Crippen LogP contribution in [0.25, 0.3) is 22.6 Å². The zero-order valence-corrected chi connectivity index (χ0v) is 9.36. The van der Waals surface area contributed by atoms with E-state index in [0.29, 0.717) is 16.7 Å². The lowest BCUT2D eigenvalue weighted by atomic mass is 10.3. The SMILES string of the molecule is FC([18F])n1c(-c2cscn2)nc2ccccc21. The van der Waals surface area contributed by atoms with Gasteiger partial charge in [-0.2, -0.15) is 8.78 Å².